The number of hydrogen-bond acceptors (Lipinski definition) is 4. The highest BCUT2D eigenvalue weighted by Crippen LogP contribution is 2.23. The largest absolute Gasteiger partial charge is 0.346 e. The smallest absolute Gasteiger partial charge is 0.326 e. The van der Waals surface area contributed by atoms with Gasteiger partial charge >= 0.3 is 5.69 Å². The van der Waals surface area contributed by atoms with Crippen molar-refractivity contribution in [1.29, 1.82) is 0 Å². The van der Waals surface area contributed by atoms with Crippen LogP contribution in [0.5, 0.6) is 0 Å². The summed E-state index contributed by atoms with van der Waals surface area (Å²) < 4.78 is 0. The highest BCUT2D eigenvalue weighted by Gasteiger charge is 2.15. The monoisotopic (exact) mass is 298 g/mol. The summed E-state index contributed by atoms with van der Waals surface area (Å²) in [6.45, 7) is 0. The molecule has 0 saturated carbocycles. The van der Waals surface area contributed by atoms with E-state index in [0.717, 1.165) is 24.1 Å². The van der Waals surface area contributed by atoms with Crippen molar-refractivity contribution in [3.05, 3.63) is 52.1 Å². The summed E-state index contributed by atoms with van der Waals surface area (Å²) in [6.07, 6.45) is 3.29. The Morgan fingerprint density at radius 2 is 2.05 bits per heavy atom. The normalized spacial score (nSPS) is 13.7. The molecule has 1 aliphatic rings. The van der Waals surface area contributed by atoms with Gasteiger partial charge in [-0.1, -0.05) is 0 Å². The fourth-order valence-corrected chi connectivity index (χ4v) is 2.35. The Balaban J connectivity index is 1.83. The van der Waals surface area contributed by atoms with Gasteiger partial charge in [0.2, 0.25) is 5.91 Å². The van der Waals surface area contributed by atoms with E-state index in [9.17, 15) is 14.4 Å². The van der Waals surface area contributed by atoms with Gasteiger partial charge in [0.15, 0.2) is 0 Å². The topological polar surface area (TPSA) is 104 Å². The molecular weight excluding hydrogens is 284 g/mol. The molecule has 0 bridgehead atoms. The zero-order valence-electron chi connectivity index (χ0n) is 11.7. The van der Waals surface area contributed by atoms with Crippen molar-refractivity contribution in [3.63, 3.8) is 0 Å². The second kappa shape index (κ2) is 5.80. The molecule has 22 heavy (non-hydrogen) atoms. The number of benzene rings is 1. The van der Waals surface area contributed by atoms with Crippen molar-refractivity contribution in [3.8, 4) is 0 Å². The van der Waals surface area contributed by atoms with Crippen LogP contribution in [-0.4, -0.2) is 21.8 Å². The molecule has 0 atom stereocenters. The van der Waals surface area contributed by atoms with Crippen LogP contribution in [0, 0.1) is 0 Å². The number of aryl methyl sites for hydroxylation is 1. The van der Waals surface area contributed by atoms with Crippen LogP contribution in [0.15, 0.2) is 35.3 Å². The number of anilines is 2. The SMILES string of the molecule is O=C1CCCc2cc(C(=O)Nc3ccnc(=O)[nH]3)ccc2N1. The molecule has 0 saturated heterocycles. The van der Waals surface area contributed by atoms with E-state index in [-0.39, 0.29) is 17.6 Å². The van der Waals surface area contributed by atoms with Crippen LogP contribution in [0.1, 0.15) is 28.8 Å². The quantitative estimate of drug-likeness (QED) is 0.777. The summed E-state index contributed by atoms with van der Waals surface area (Å²) in [5, 5.41) is 5.43. The van der Waals surface area contributed by atoms with Gasteiger partial charge in [-0.2, -0.15) is 0 Å². The minimum atomic E-state index is -0.526. The van der Waals surface area contributed by atoms with E-state index >= 15 is 0 Å². The van der Waals surface area contributed by atoms with Crippen molar-refractivity contribution >= 4 is 23.3 Å². The number of carbonyl (C=O) groups excluding carboxylic acids is 2. The lowest BCUT2D eigenvalue weighted by molar-refractivity contribution is -0.116. The molecule has 7 heteroatoms. The molecule has 7 nitrogen and oxygen atoms in total. The number of hydrogen-bond donors (Lipinski definition) is 3. The number of H-pyrrole nitrogens is 1. The predicted molar refractivity (Wildman–Crippen MR) is 80.8 cm³/mol. The van der Waals surface area contributed by atoms with Gasteiger partial charge in [-0.05, 0) is 42.7 Å². The van der Waals surface area contributed by atoms with E-state index in [1.54, 1.807) is 18.2 Å². The summed E-state index contributed by atoms with van der Waals surface area (Å²) in [5.41, 5.74) is 1.62. The Kier molecular flexibility index (Phi) is 3.69. The molecule has 0 aliphatic carbocycles. The van der Waals surface area contributed by atoms with Crippen LogP contribution in [0.4, 0.5) is 11.5 Å². The second-order valence-corrected chi connectivity index (χ2v) is 5.02. The third kappa shape index (κ3) is 3.03. The third-order valence-electron chi connectivity index (χ3n) is 3.41. The zero-order chi connectivity index (χ0) is 15.5. The van der Waals surface area contributed by atoms with Crippen molar-refractivity contribution < 1.29 is 9.59 Å². The maximum Gasteiger partial charge on any atom is 0.346 e. The molecule has 3 N–H and O–H groups in total. The summed E-state index contributed by atoms with van der Waals surface area (Å²) in [4.78, 5) is 40.8. The summed E-state index contributed by atoms with van der Waals surface area (Å²) in [6, 6.07) is 6.63. The molecule has 2 aromatic rings. The van der Waals surface area contributed by atoms with Crippen molar-refractivity contribution in [2.24, 2.45) is 0 Å². The number of carbonyl (C=O) groups is 2. The minimum Gasteiger partial charge on any atom is -0.326 e. The molecule has 0 spiro atoms. The fraction of sp³-hybridized carbons (Fsp3) is 0.200. The van der Waals surface area contributed by atoms with Crippen LogP contribution in [-0.2, 0) is 11.2 Å². The first kappa shape index (κ1) is 14.0. The lowest BCUT2D eigenvalue weighted by Crippen LogP contribution is -2.18. The molecule has 1 aromatic heterocycles. The van der Waals surface area contributed by atoms with Gasteiger partial charge in [0, 0.05) is 23.9 Å². The molecule has 112 valence electrons. The summed E-state index contributed by atoms with van der Waals surface area (Å²) in [7, 11) is 0. The summed E-state index contributed by atoms with van der Waals surface area (Å²) in [5.74, 6) is -0.0567. The van der Waals surface area contributed by atoms with E-state index in [1.165, 1.54) is 12.3 Å². The maximum atomic E-state index is 12.2. The molecule has 0 unspecified atom stereocenters. The number of nitrogens with one attached hydrogen (secondary N) is 3. The van der Waals surface area contributed by atoms with E-state index in [2.05, 4.69) is 20.6 Å². The number of rotatable bonds is 2. The van der Waals surface area contributed by atoms with Crippen LogP contribution in [0.2, 0.25) is 0 Å². The van der Waals surface area contributed by atoms with Gasteiger partial charge in [-0.15, -0.1) is 0 Å². The first-order valence-electron chi connectivity index (χ1n) is 6.91. The standard InChI is InChI=1S/C15H14N4O3/c20-13-3-1-2-9-8-10(4-5-11(9)17-13)14(21)18-12-6-7-16-15(22)19-12/h4-8H,1-3H2,(H,17,20)(H2,16,18,19,21,22). The Labute approximate surface area is 125 Å². The molecule has 0 radical (unpaired) electrons. The van der Waals surface area contributed by atoms with Crippen LogP contribution in [0.3, 0.4) is 0 Å². The van der Waals surface area contributed by atoms with Gasteiger partial charge in [0.25, 0.3) is 5.91 Å². The molecular formula is C15H14N4O3. The van der Waals surface area contributed by atoms with Crippen LogP contribution in [0.25, 0.3) is 0 Å². The number of amides is 2. The lowest BCUT2D eigenvalue weighted by Gasteiger charge is -2.09. The average Bonchev–Trinajstić information content (AvgIpc) is 2.67. The number of aromatic amines is 1. The Morgan fingerprint density at radius 3 is 2.86 bits per heavy atom. The third-order valence-corrected chi connectivity index (χ3v) is 3.41. The Morgan fingerprint density at radius 1 is 1.18 bits per heavy atom. The van der Waals surface area contributed by atoms with Gasteiger partial charge < -0.3 is 10.6 Å². The number of nitrogens with zero attached hydrogens (tertiary/aromatic N) is 1. The highest BCUT2D eigenvalue weighted by molar-refractivity contribution is 6.04. The summed E-state index contributed by atoms with van der Waals surface area (Å²) >= 11 is 0. The van der Waals surface area contributed by atoms with E-state index in [0.29, 0.717) is 12.0 Å². The molecule has 1 aliphatic heterocycles. The van der Waals surface area contributed by atoms with E-state index in [1.807, 2.05) is 0 Å². The molecule has 1 aromatic carbocycles. The minimum absolute atomic E-state index is 0.00897. The van der Waals surface area contributed by atoms with Crippen molar-refractivity contribution in [2.75, 3.05) is 10.6 Å². The van der Waals surface area contributed by atoms with Crippen molar-refractivity contribution in [1.82, 2.24) is 9.97 Å². The van der Waals surface area contributed by atoms with E-state index in [4.69, 9.17) is 0 Å². The molecule has 3 rings (SSSR count). The number of fused-ring (bicyclic) bond motifs is 1. The highest BCUT2D eigenvalue weighted by atomic mass is 16.2. The van der Waals surface area contributed by atoms with Gasteiger partial charge in [-0.3, -0.25) is 14.6 Å². The van der Waals surface area contributed by atoms with Crippen LogP contribution >= 0.6 is 0 Å². The lowest BCUT2D eigenvalue weighted by atomic mass is 10.0. The first-order chi connectivity index (χ1) is 10.6. The zero-order valence-corrected chi connectivity index (χ0v) is 11.7. The predicted octanol–water partition coefficient (Wildman–Crippen LogP) is 1.30. The van der Waals surface area contributed by atoms with Gasteiger partial charge in [0.05, 0.1) is 0 Å². The van der Waals surface area contributed by atoms with Gasteiger partial charge in [0.1, 0.15) is 5.82 Å². The Bertz CT molecular complexity index is 797. The second-order valence-electron chi connectivity index (χ2n) is 5.02. The average molecular weight is 298 g/mol. The first-order valence-corrected chi connectivity index (χ1v) is 6.91. The number of aromatic nitrogens is 2. The molecule has 0 fully saturated rings. The van der Waals surface area contributed by atoms with Crippen LogP contribution < -0.4 is 16.3 Å². The van der Waals surface area contributed by atoms with Gasteiger partial charge in [-0.25, -0.2) is 9.78 Å². The fourth-order valence-electron chi connectivity index (χ4n) is 2.35. The molecule has 2 heterocycles. The molecule has 2 amide bonds. The van der Waals surface area contributed by atoms with Crippen molar-refractivity contribution in [2.45, 2.75) is 19.3 Å². The van der Waals surface area contributed by atoms with E-state index < -0.39 is 5.69 Å². The maximum absolute atomic E-state index is 12.2. The Hall–Kier alpha value is -2.96.